The minimum absolute atomic E-state index is 0.0157. The van der Waals surface area contributed by atoms with Crippen LogP contribution in [-0.4, -0.2) is 19.1 Å². The van der Waals surface area contributed by atoms with Gasteiger partial charge in [-0.05, 0) is 42.5 Å². The number of aryl methyl sites for hydroxylation is 2. The molecule has 1 unspecified atom stereocenters. The summed E-state index contributed by atoms with van der Waals surface area (Å²) < 4.78 is 5.01. The molecule has 0 saturated carbocycles. The highest BCUT2D eigenvalue weighted by molar-refractivity contribution is 5.65. The molecule has 0 aliphatic carbocycles. The number of carbonyl (C=O) groups is 1. The van der Waals surface area contributed by atoms with Crippen LogP contribution < -0.4 is 0 Å². The third kappa shape index (κ3) is 5.44. The molecular formula is C14H19N3O2. The number of nitrogens with zero attached hydrogens (tertiary/aromatic N) is 3. The molecule has 0 saturated heterocycles. The highest BCUT2D eigenvalue weighted by atomic mass is 16.5. The summed E-state index contributed by atoms with van der Waals surface area (Å²) in [6, 6.07) is 6.24. The van der Waals surface area contributed by atoms with Crippen molar-refractivity contribution in [2.75, 3.05) is 13.2 Å². The van der Waals surface area contributed by atoms with E-state index < -0.39 is 0 Å². The Morgan fingerprint density at radius 3 is 2.74 bits per heavy atom. The normalized spacial score (nSPS) is 11.5. The molecule has 0 aliphatic heterocycles. The van der Waals surface area contributed by atoms with E-state index in [0.29, 0.717) is 6.54 Å². The second-order valence-corrected chi connectivity index (χ2v) is 4.70. The molecular weight excluding hydrogens is 242 g/mol. The molecule has 0 aromatic heterocycles. The third-order valence-electron chi connectivity index (χ3n) is 3.02. The van der Waals surface area contributed by atoms with Gasteiger partial charge in [0, 0.05) is 24.3 Å². The predicted molar refractivity (Wildman–Crippen MR) is 73.8 cm³/mol. The van der Waals surface area contributed by atoms with Crippen LogP contribution in [0.25, 0.3) is 10.4 Å². The first-order valence-electron chi connectivity index (χ1n) is 6.23. The molecule has 0 bridgehead atoms. The molecule has 1 aromatic carbocycles. The minimum atomic E-state index is -0.314. The van der Waals surface area contributed by atoms with Gasteiger partial charge in [-0.2, -0.15) is 0 Å². The molecule has 0 heterocycles. The molecule has 0 N–H and O–H groups in total. The van der Waals surface area contributed by atoms with Crippen molar-refractivity contribution in [3.8, 4) is 0 Å². The number of carbonyl (C=O) groups excluding carboxylic acids is 1. The fourth-order valence-electron chi connectivity index (χ4n) is 1.83. The fraction of sp³-hybridized carbons (Fsp3) is 0.500. The SMILES string of the molecule is CC(=O)OCC(CN=[N+]=[N-])Cc1ccc(C)c(C)c1. The predicted octanol–water partition coefficient (Wildman–Crippen LogP) is 3.34. The maximum Gasteiger partial charge on any atom is 0.302 e. The monoisotopic (exact) mass is 261 g/mol. The molecule has 0 aliphatic rings. The molecule has 19 heavy (non-hydrogen) atoms. The van der Waals surface area contributed by atoms with Gasteiger partial charge in [-0.1, -0.05) is 23.3 Å². The lowest BCUT2D eigenvalue weighted by Gasteiger charge is -2.15. The van der Waals surface area contributed by atoms with Crippen LogP contribution in [-0.2, 0) is 16.0 Å². The van der Waals surface area contributed by atoms with Crippen molar-refractivity contribution in [3.05, 3.63) is 45.3 Å². The highest BCUT2D eigenvalue weighted by Crippen LogP contribution is 2.15. The zero-order chi connectivity index (χ0) is 14.3. The van der Waals surface area contributed by atoms with E-state index in [-0.39, 0.29) is 18.5 Å². The van der Waals surface area contributed by atoms with Crippen LogP contribution in [0.2, 0.25) is 0 Å². The minimum Gasteiger partial charge on any atom is -0.466 e. The number of hydrogen-bond acceptors (Lipinski definition) is 3. The zero-order valence-corrected chi connectivity index (χ0v) is 11.6. The maximum absolute atomic E-state index is 10.8. The first-order chi connectivity index (χ1) is 9.02. The third-order valence-corrected chi connectivity index (χ3v) is 3.02. The van der Waals surface area contributed by atoms with Crippen molar-refractivity contribution in [2.45, 2.75) is 27.2 Å². The summed E-state index contributed by atoms with van der Waals surface area (Å²) in [6.45, 7) is 6.11. The number of ether oxygens (including phenoxy) is 1. The largest absolute Gasteiger partial charge is 0.466 e. The first-order valence-corrected chi connectivity index (χ1v) is 6.23. The Bertz CT molecular complexity index is 493. The molecule has 5 heteroatoms. The van der Waals surface area contributed by atoms with Crippen LogP contribution in [0.15, 0.2) is 23.3 Å². The van der Waals surface area contributed by atoms with Crippen molar-refractivity contribution in [3.63, 3.8) is 0 Å². The van der Waals surface area contributed by atoms with E-state index in [9.17, 15) is 4.79 Å². The average Bonchev–Trinajstić information content (AvgIpc) is 2.37. The quantitative estimate of drug-likeness (QED) is 0.341. The molecule has 1 atom stereocenters. The lowest BCUT2D eigenvalue weighted by Crippen LogP contribution is -2.17. The van der Waals surface area contributed by atoms with Gasteiger partial charge in [-0.15, -0.1) is 0 Å². The summed E-state index contributed by atoms with van der Waals surface area (Å²) >= 11 is 0. The van der Waals surface area contributed by atoms with Gasteiger partial charge in [0.1, 0.15) is 0 Å². The van der Waals surface area contributed by atoms with Crippen molar-refractivity contribution in [1.82, 2.24) is 0 Å². The van der Waals surface area contributed by atoms with Gasteiger partial charge in [-0.25, -0.2) is 0 Å². The Labute approximate surface area is 113 Å². The van der Waals surface area contributed by atoms with E-state index in [0.717, 1.165) is 12.0 Å². The molecule has 5 nitrogen and oxygen atoms in total. The first kappa shape index (κ1) is 15.1. The van der Waals surface area contributed by atoms with E-state index in [1.165, 1.54) is 18.1 Å². The average molecular weight is 261 g/mol. The number of rotatable bonds is 6. The van der Waals surface area contributed by atoms with Crippen LogP contribution in [0, 0.1) is 19.8 Å². The molecule has 1 aromatic rings. The summed E-state index contributed by atoms with van der Waals surface area (Å²) in [5.41, 5.74) is 12.0. The number of esters is 1. The molecule has 1 rings (SSSR count). The summed E-state index contributed by atoms with van der Waals surface area (Å²) in [4.78, 5) is 13.6. The summed E-state index contributed by atoms with van der Waals surface area (Å²) in [7, 11) is 0. The van der Waals surface area contributed by atoms with E-state index in [4.69, 9.17) is 10.3 Å². The van der Waals surface area contributed by atoms with E-state index in [1.807, 2.05) is 0 Å². The number of hydrogen-bond donors (Lipinski definition) is 0. The van der Waals surface area contributed by atoms with Crippen molar-refractivity contribution >= 4 is 5.97 Å². The Morgan fingerprint density at radius 1 is 1.42 bits per heavy atom. The second-order valence-electron chi connectivity index (χ2n) is 4.70. The maximum atomic E-state index is 10.8. The standard InChI is InChI=1S/C14H19N3O2/c1-10-4-5-13(6-11(10)2)7-14(8-16-17-15)9-19-12(3)18/h4-6,14H,7-9H2,1-3H3. The van der Waals surface area contributed by atoms with Crippen LogP contribution in [0.1, 0.15) is 23.6 Å². The van der Waals surface area contributed by atoms with Gasteiger partial charge < -0.3 is 4.74 Å². The van der Waals surface area contributed by atoms with Crippen LogP contribution in [0.3, 0.4) is 0 Å². The van der Waals surface area contributed by atoms with Crippen molar-refractivity contribution in [2.24, 2.45) is 11.0 Å². The summed E-state index contributed by atoms with van der Waals surface area (Å²) in [5.74, 6) is -0.298. The lowest BCUT2D eigenvalue weighted by molar-refractivity contribution is -0.142. The molecule has 0 fully saturated rings. The van der Waals surface area contributed by atoms with Crippen LogP contribution in [0.5, 0.6) is 0 Å². The number of benzene rings is 1. The lowest BCUT2D eigenvalue weighted by atomic mass is 9.97. The van der Waals surface area contributed by atoms with Gasteiger partial charge in [-0.3, -0.25) is 4.79 Å². The summed E-state index contributed by atoms with van der Waals surface area (Å²) in [6.07, 6.45) is 0.730. The van der Waals surface area contributed by atoms with Gasteiger partial charge in [0.05, 0.1) is 6.61 Å². The number of azide groups is 1. The van der Waals surface area contributed by atoms with E-state index in [1.54, 1.807) is 0 Å². The summed E-state index contributed by atoms with van der Waals surface area (Å²) in [5, 5.41) is 3.58. The smallest absolute Gasteiger partial charge is 0.302 e. The Hall–Kier alpha value is -2.00. The molecule has 102 valence electrons. The topological polar surface area (TPSA) is 75.1 Å². The second kappa shape index (κ2) is 7.44. The van der Waals surface area contributed by atoms with Crippen molar-refractivity contribution < 1.29 is 9.53 Å². The fourth-order valence-corrected chi connectivity index (χ4v) is 1.83. The zero-order valence-electron chi connectivity index (χ0n) is 11.6. The van der Waals surface area contributed by atoms with E-state index >= 15 is 0 Å². The van der Waals surface area contributed by atoms with Gasteiger partial charge in [0.25, 0.3) is 0 Å². The van der Waals surface area contributed by atoms with E-state index in [2.05, 4.69) is 42.1 Å². The molecule has 0 spiro atoms. The molecule has 0 radical (unpaired) electrons. The van der Waals surface area contributed by atoms with Gasteiger partial charge in [0.2, 0.25) is 0 Å². The van der Waals surface area contributed by atoms with Gasteiger partial charge in [0.15, 0.2) is 0 Å². The van der Waals surface area contributed by atoms with Crippen molar-refractivity contribution in [1.29, 1.82) is 0 Å². The van der Waals surface area contributed by atoms with Crippen LogP contribution in [0.4, 0.5) is 0 Å². The Kier molecular flexibility index (Phi) is 5.90. The molecule has 0 amide bonds. The van der Waals surface area contributed by atoms with Crippen LogP contribution >= 0.6 is 0 Å². The highest BCUT2D eigenvalue weighted by Gasteiger charge is 2.11. The van der Waals surface area contributed by atoms with Gasteiger partial charge >= 0.3 is 5.97 Å². The Morgan fingerprint density at radius 2 is 2.16 bits per heavy atom. The Balaban J connectivity index is 2.71.